The van der Waals surface area contributed by atoms with Gasteiger partial charge in [0.25, 0.3) is 11.8 Å². The quantitative estimate of drug-likeness (QED) is 0.297. The summed E-state index contributed by atoms with van der Waals surface area (Å²) in [4.78, 5) is 50.2. The molecule has 5 rings (SSSR count). The molecule has 0 atom stereocenters. The number of carbonyl (C=O) groups excluding carboxylic acids is 3. The van der Waals surface area contributed by atoms with Crippen molar-refractivity contribution in [1.82, 2.24) is 5.06 Å². The largest absolute Gasteiger partial charge is 0.478 e. The number of hydrogen-bond donors (Lipinski definition) is 1. The first-order valence-electron chi connectivity index (χ1n) is 11.9. The maximum Gasteiger partial charge on any atom is 0.363 e. The van der Waals surface area contributed by atoms with Gasteiger partial charge >= 0.3 is 11.9 Å². The van der Waals surface area contributed by atoms with E-state index in [-0.39, 0.29) is 24.0 Å². The van der Waals surface area contributed by atoms with Crippen molar-refractivity contribution in [1.29, 1.82) is 0 Å². The van der Waals surface area contributed by atoms with Crippen molar-refractivity contribution in [3.05, 3.63) is 120 Å². The highest BCUT2D eigenvalue weighted by atomic mass is 16.7. The van der Waals surface area contributed by atoms with Gasteiger partial charge < -0.3 is 19.4 Å². The highest BCUT2D eigenvalue weighted by Gasteiger charge is 2.33. The standard InChI is InChI=1S/C17H13NO5.C13H10O3/c19-15-10-11-16(20)18(15)23-17(21)12-6-8-14(9-7-12)22-13-4-2-1-3-5-13;14-13(15)10-6-8-12(9-7-10)16-11-4-2-1-3-5-11/h1-9H,10-11H2;1-9H,(H,14,15). The van der Waals surface area contributed by atoms with Crippen LogP contribution in [0.1, 0.15) is 33.6 Å². The second kappa shape index (κ2) is 12.7. The summed E-state index contributed by atoms with van der Waals surface area (Å²) in [5.41, 5.74) is 0.471. The Morgan fingerprint density at radius 2 is 0.949 bits per heavy atom. The number of rotatable bonds is 7. The predicted molar refractivity (Wildman–Crippen MR) is 139 cm³/mol. The molecule has 4 aromatic carbocycles. The van der Waals surface area contributed by atoms with Crippen LogP contribution < -0.4 is 9.47 Å². The summed E-state index contributed by atoms with van der Waals surface area (Å²) in [5.74, 6) is -0.134. The van der Waals surface area contributed by atoms with E-state index in [0.717, 1.165) is 5.75 Å². The Morgan fingerprint density at radius 1 is 0.564 bits per heavy atom. The van der Waals surface area contributed by atoms with Crippen molar-refractivity contribution in [3.8, 4) is 23.0 Å². The molecule has 39 heavy (non-hydrogen) atoms. The number of imide groups is 1. The Morgan fingerprint density at radius 3 is 1.36 bits per heavy atom. The third-order valence-corrected chi connectivity index (χ3v) is 5.33. The third-order valence-electron chi connectivity index (χ3n) is 5.33. The predicted octanol–water partition coefficient (Wildman–Crippen LogP) is 5.88. The minimum atomic E-state index is -0.939. The molecule has 0 bridgehead atoms. The van der Waals surface area contributed by atoms with Gasteiger partial charge in [-0.3, -0.25) is 9.59 Å². The van der Waals surface area contributed by atoms with Crippen molar-refractivity contribution < 1.29 is 38.6 Å². The van der Waals surface area contributed by atoms with Crippen molar-refractivity contribution in [3.63, 3.8) is 0 Å². The van der Waals surface area contributed by atoms with Crippen LogP contribution in [0, 0.1) is 0 Å². The average Bonchev–Trinajstić information content (AvgIpc) is 3.27. The highest BCUT2D eigenvalue weighted by molar-refractivity contribution is 6.02. The molecule has 1 aliphatic rings. The molecule has 0 spiro atoms. The van der Waals surface area contributed by atoms with Gasteiger partial charge in [0.1, 0.15) is 23.0 Å². The molecule has 4 aromatic rings. The maximum absolute atomic E-state index is 12.0. The zero-order valence-electron chi connectivity index (χ0n) is 20.6. The average molecular weight is 526 g/mol. The number of aromatic carboxylic acids is 1. The molecule has 1 fully saturated rings. The molecule has 0 radical (unpaired) electrons. The van der Waals surface area contributed by atoms with Gasteiger partial charge in [0, 0.05) is 12.8 Å². The van der Waals surface area contributed by atoms with Crippen LogP contribution in [0.5, 0.6) is 23.0 Å². The smallest absolute Gasteiger partial charge is 0.363 e. The van der Waals surface area contributed by atoms with Crippen molar-refractivity contribution in [2.24, 2.45) is 0 Å². The van der Waals surface area contributed by atoms with Gasteiger partial charge in [0.05, 0.1) is 11.1 Å². The number of carbonyl (C=O) groups is 4. The lowest BCUT2D eigenvalue weighted by atomic mass is 10.2. The van der Waals surface area contributed by atoms with Gasteiger partial charge in [-0.2, -0.15) is 0 Å². The van der Waals surface area contributed by atoms with Crippen LogP contribution in [0.15, 0.2) is 109 Å². The second-order valence-corrected chi connectivity index (χ2v) is 8.14. The van der Waals surface area contributed by atoms with Crippen LogP contribution in [0.4, 0.5) is 0 Å². The van der Waals surface area contributed by atoms with Crippen LogP contribution in [0.25, 0.3) is 0 Å². The number of nitrogens with zero attached hydrogens (tertiary/aromatic N) is 1. The van der Waals surface area contributed by atoms with Crippen LogP contribution >= 0.6 is 0 Å². The fourth-order valence-corrected chi connectivity index (χ4v) is 3.37. The Balaban J connectivity index is 0.000000193. The first kappa shape index (κ1) is 26.6. The van der Waals surface area contributed by atoms with Crippen LogP contribution in [-0.2, 0) is 14.4 Å². The van der Waals surface area contributed by atoms with Gasteiger partial charge in [-0.25, -0.2) is 9.59 Å². The molecule has 0 aromatic heterocycles. The number of benzene rings is 4. The number of ether oxygens (including phenoxy) is 2. The first-order chi connectivity index (χ1) is 18.9. The molecule has 2 amide bonds. The summed E-state index contributed by atoms with van der Waals surface area (Å²) < 4.78 is 11.1. The molecule has 9 heteroatoms. The van der Waals surface area contributed by atoms with Crippen LogP contribution in [0.3, 0.4) is 0 Å². The minimum absolute atomic E-state index is 0.0654. The van der Waals surface area contributed by atoms with E-state index in [1.54, 1.807) is 24.3 Å². The number of hydrogen-bond acceptors (Lipinski definition) is 7. The third kappa shape index (κ3) is 7.53. The summed E-state index contributed by atoms with van der Waals surface area (Å²) in [6, 6.07) is 31.1. The van der Waals surface area contributed by atoms with Crippen molar-refractivity contribution >= 4 is 23.8 Å². The molecule has 1 heterocycles. The van der Waals surface area contributed by atoms with Crippen LogP contribution in [-0.4, -0.2) is 33.9 Å². The molecule has 0 saturated carbocycles. The monoisotopic (exact) mass is 525 g/mol. The van der Waals surface area contributed by atoms with Gasteiger partial charge in [-0.1, -0.05) is 36.4 Å². The molecule has 1 saturated heterocycles. The first-order valence-corrected chi connectivity index (χ1v) is 11.9. The second-order valence-electron chi connectivity index (χ2n) is 8.14. The van der Waals surface area contributed by atoms with E-state index < -0.39 is 23.8 Å². The Bertz CT molecular complexity index is 1420. The number of carboxylic acids is 1. The highest BCUT2D eigenvalue weighted by Crippen LogP contribution is 2.23. The number of hydroxylamine groups is 2. The van der Waals surface area contributed by atoms with E-state index in [1.807, 2.05) is 60.7 Å². The van der Waals surface area contributed by atoms with Crippen molar-refractivity contribution in [2.45, 2.75) is 12.8 Å². The molecular weight excluding hydrogens is 502 g/mol. The lowest BCUT2D eigenvalue weighted by molar-refractivity contribution is -0.172. The number of para-hydroxylation sites is 2. The zero-order valence-corrected chi connectivity index (χ0v) is 20.6. The molecule has 0 unspecified atom stereocenters. The normalized spacial score (nSPS) is 12.3. The Hall–Kier alpha value is -5.44. The fraction of sp³-hybridized carbons (Fsp3) is 0.0667. The lowest BCUT2D eigenvalue weighted by Crippen LogP contribution is -2.32. The van der Waals surface area contributed by atoms with E-state index in [1.165, 1.54) is 24.3 Å². The SMILES string of the molecule is O=C(O)c1ccc(Oc2ccccc2)cc1.O=C(ON1C(=O)CCC1=O)c1ccc(Oc2ccccc2)cc1. The molecule has 1 aliphatic heterocycles. The molecule has 9 nitrogen and oxygen atoms in total. The molecule has 0 aliphatic carbocycles. The summed E-state index contributed by atoms with van der Waals surface area (Å²) in [6.45, 7) is 0. The van der Waals surface area contributed by atoms with Gasteiger partial charge in [-0.15, -0.1) is 5.06 Å². The summed E-state index contributed by atoms with van der Waals surface area (Å²) in [5, 5.41) is 9.25. The summed E-state index contributed by atoms with van der Waals surface area (Å²) in [6.07, 6.45) is 0.131. The maximum atomic E-state index is 12.0. The van der Waals surface area contributed by atoms with E-state index in [2.05, 4.69) is 0 Å². The lowest BCUT2D eigenvalue weighted by Gasteiger charge is -2.12. The van der Waals surface area contributed by atoms with E-state index >= 15 is 0 Å². The van der Waals surface area contributed by atoms with Crippen molar-refractivity contribution in [2.75, 3.05) is 0 Å². The van der Waals surface area contributed by atoms with E-state index in [9.17, 15) is 19.2 Å². The number of amides is 2. The number of carboxylic acid groups (broad SMARTS) is 1. The van der Waals surface area contributed by atoms with E-state index in [4.69, 9.17) is 19.4 Å². The summed E-state index contributed by atoms with van der Waals surface area (Å²) >= 11 is 0. The van der Waals surface area contributed by atoms with Gasteiger partial charge in [0.15, 0.2) is 0 Å². The van der Waals surface area contributed by atoms with E-state index in [0.29, 0.717) is 22.3 Å². The Labute approximate surface area is 223 Å². The molecular formula is C30H23NO8. The summed E-state index contributed by atoms with van der Waals surface area (Å²) in [7, 11) is 0. The molecule has 1 N–H and O–H groups in total. The minimum Gasteiger partial charge on any atom is -0.478 e. The topological polar surface area (TPSA) is 119 Å². The van der Waals surface area contributed by atoms with Crippen LogP contribution in [0.2, 0.25) is 0 Å². The molecule has 196 valence electrons. The zero-order chi connectivity index (χ0) is 27.6. The Kier molecular flexibility index (Phi) is 8.66. The fourth-order valence-electron chi connectivity index (χ4n) is 3.37. The van der Waals surface area contributed by atoms with Gasteiger partial charge in [-0.05, 0) is 72.8 Å². The van der Waals surface area contributed by atoms with Gasteiger partial charge in [0.2, 0.25) is 0 Å².